The summed E-state index contributed by atoms with van der Waals surface area (Å²) in [5.74, 6) is 0.866. The molecular weight excluding hydrogens is 278 g/mol. The van der Waals surface area contributed by atoms with Gasteiger partial charge < -0.3 is 4.90 Å². The summed E-state index contributed by atoms with van der Waals surface area (Å²) >= 11 is 3.46. The number of nitrogens with zero attached hydrogens (tertiary/aromatic N) is 3. The number of aromatic nitrogens is 2. The average Bonchev–Trinajstić information content (AvgIpc) is 2.27. The number of hydrogen-bond donors (Lipinski definition) is 0. The molecule has 0 saturated carbocycles. The van der Waals surface area contributed by atoms with Crippen LogP contribution in [-0.4, -0.2) is 17.0 Å². The number of aryl methyl sites for hydroxylation is 2. The van der Waals surface area contributed by atoms with E-state index in [4.69, 9.17) is 0 Å². The summed E-state index contributed by atoms with van der Waals surface area (Å²) < 4.78 is 0.890. The molecule has 0 saturated heterocycles. The van der Waals surface area contributed by atoms with Gasteiger partial charge in [-0.05, 0) is 53.0 Å². The lowest BCUT2D eigenvalue weighted by molar-refractivity contribution is 1.06. The van der Waals surface area contributed by atoms with E-state index in [1.807, 2.05) is 11.9 Å². The highest BCUT2D eigenvalue weighted by Gasteiger charge is 2.09. The summed E-state index contributed by atoms with van der Waals surface area (Å²) in [6.45, 7) is 4.19. The lowest BCUT2D eigenvalue weighted by Crippen LogP contribution is -2.12. The summed E-state index contributed by atoms with van der Waals surface area (Å²) in [5, 5.41) is 0. The quantitative estimate of drug-likeness (QED) is 0.846. The molecule has 0 bridgehead atoms. The average molecular weight is 292 g/mol. The van der Waals surface area contributed by atoms with Gasteiger partial charge in [-0.2, -0.15) is 0 Å². The monoisotopic (exact) mass is 291 g/mol. The zero-order valence-corrected chi connectivity index (χ0v) is 11.7. The van der Waals surface area contributed by atoms with Crippen molar-refractivity contribution in [1.29, 1.82) is 0 Å². The molecule has 88 valence electrons. The second kappa shape index (κ2) is 4.84. The molecule has 0 atom stereocenters. The zero-order chi connectivity index (χ0) is 12.4. The van der Waals surface area contributed by atoms with Crippen LogP contribution < -0.4 is 4.90 Å². The summed E-state index contributed by atoms with van der Waals surface area (Å²) in [4.78, 5) is 10.3. The van der Waals surface area contributed by atoms with E-state index in [-0.39, 0.29) is 0 Å². The first-order valence-corrected chi connectivity index (χ1v) is 6.15. The Kier molecular flexibility index (Phi) is 3.43. The van der Waals surface area contributed by atoms with Crippen molar-refractivity contribution in [3.63, 3.8) is 0 Å². The van der Waals surface area contributed by atoms with Crippen LogP contribution in [0.3, 0.4) is 0 Å². The molecule has 0 aliphatic carbocycles. The Morgan fingerprint density at radius 3 is 2.35 bits per heavy atom. The Morgan fingerprint density at radius 2 is 1.76 bits per heavy atom. The third kappa shape index (κ3) is 2.64. The molecular formula is C13H14BrN3. The van der Waals surface area contributed by atoms with Gasteiger partial charge in [-0.3, -0.25) is 0 Å². The molecule has 0 unspecified atom stereocenters. The predicted molar refractivity (Wildman–Crippen MR) is 73.7 cm³/mol. The summed E-state index contributed by atoms with van der Waals surface area (Å²) in [7, 11) is 2.00. The summed E-state index contributed by atoms with van der Waals surface area (Å²) in [6, 6.07) is 6.44. The van der Waals surface area contributed by atoms with E-state index in [0.29, 0.717) is 0 Å². The van der Waals surface area contributed by atoms with Crippen LogP contribution >= 0.6 is 15.9 Å². The molecule has 0 radical (unpaired) electrons. The van der Waals surface area contributed by atoms with Crippen LogP contribution in [0.2, 0.25) is 0 Å². The topological polar surface area (TPSA) is 29.0 Å². The molecule has 0 aliphatic heterocycles. The maximum absolute atomic E-state index is 4.28. The molecule has 4 heteroatoms. The van der Waals surface area contributed by atoms with Gasteiger partial charge >= 0.3 is 0 Å². The minimum absolute atomic E-state index is 0.866. The van der Waals surface area contributed by atoms with Crippen molar-refractivity contribution >= 4 is 27.4 Å². The molecule has 17 heavy (non-hydrogen) atoms. The Morgan fingerprint density at radius 1 is 1.12 bits per heavy atom. The Bertz CT molecular complexity index is 520. The summed E-state index contributed by atoms with van der Waals surface area (Å²) in [5.41, 5.74) is 3.62. The van der Waals surface area contributed by atoms with Gasteiger partial charge in [0.15, 0.2) is 5.82 Å². The van der Waals surface area contributed by atoms with Crippen molar-refractivity contribution in [2.75, 3.05) is 11.9 Å². The second-order valence-corrected chi connectivity index (χ2v) is 4.95. The molecule has 0 N–H and O–H groups in total. The van der Waals surface area contributed by atoms with Crippen molar-refractivity contribution in [2.45, 2.75) is 13.8 Å². The smallest absolute Gasteiger partial charge is 0.150 e. The molecule has 0 spiro atoms. The fourth-order valence-electron chi connectivity index (χ4n) is 1.82. The van der Waals surface area contributed by atoms with Gasteiger partial charge in [-0.25, -0.2) is 9.97 Å². The highest BCUT2D eigenvalue weighted by Crippen LogP contribution is 2.28. The van der Waals surface area contributed by atoms with Crippen LogP contribution in [0.25, 0.3) is 0 Å². The van der Waals surface area contributed by atoms with Gasteiger partial charge in [-0.1, -0.05) is 6.07 Å². The van der Waals surface area contributed by atoms with Crippen molar-refractivity contribution in [3.05, 3.63) is 46.3 Å². The molecule has 2 aromatic rings. The largest absolute Gasteiger partial charge is 0.328 e. The number of hydrogen-bond acceptors (Lipinski definition) is 3. The fraction of sp³-hybridized carbons (Fsp3) is 0.231. The normalized spacial score (nSPS) is 10.4. The first kappa shape index (κ1) is 12.0. The fourth-order valence-corrected chi connectivity index (χ4v) is 2.31. The van der Waals surface area contributed by atoms with Crippen LogP contribution in [0.4, 0.5) is 11.5 Å². The van der Waals surface area contributed by atoms with E-state index in [1.54, 1.807) is 12.5 Å². The van der Waals surface area contributed by atoms with Gasteiger partial charge in [0.25, 0.3) is 0 Å². The van der Waals surface area contributed by atoms with Crippen LogP contribution in [0.15, 0.2) is 35.2 Å². The van der Waals surface area contributed by atoms with Gasteiger partial charge in [0.2, 0.25) is 0 Å². The zero-order valence-electron chi connectivity index (χ0n) is 10.1. The maximum atomic E-state index is 4.28. The molecule has 0 amide bonds. The van der Waals surface area contributed by atoms with E-state index in [1.165, 1.54) is 11.1 Å². The molecule has 1 heterocycles. The first-order chi connectivity index (χ1) is 8.08. The van der Waals surface area contributed by atoms with E-state index in [9.17, 15) is 0 Å². The Labute approximate surface area is 110 Å². The van der Waals surface area contributed by atoms with Crippen molar-refractivity contribution in [2.24, 2.45) is 0 Å². The van der Waals surface area contributed by atoms with Gasteiger partial charge in [0, 0.05) is 18.9 Å². The van der Waals surface area contributed by atoms with Gasteiger partial charge in [-0.15, -0.1) is 0 Å². The van der Waals surface area contributed by atoms with Crippen LogP contribution in [0.1, 0.15) is 11.1 Å². The van der Waals surface area contributed by atoms with Crippen molar-refractivity contribution in [1.82, 2.24) is 9.97 Å². The number of rotatable bonds is 2. The van der Waals surface area contributed by atoms with Crippen LogP contribution in [0.5, 0.6) is 0 Å². The van der Waals surface area contributed by atoms with Crippen LogP contribution in [-0.2, 0) is 0 Å². The second-order valence-electron chi connectivity index (χ2n) is 4.10. The lowest BCUT2D eigenvalue weighted by Gasteiger charge is -2.20. The van der Waals surface area contributed by atoms with E-state index in [0.717, 1.165) is 16.0 Å². The van der Waals surface area contributed by atoms with E-state index < -0.39 is 0 Å². The molecule has 3 nitrogen and oxygen atoms in total. The van der Waals surface area contributed by atoms with Crippen molar-refractivity contribution < 1.29 is 0 Å². The SMILES string of the molecule is Cc1cc(C)cc(N(C)c2ncncc2Br)c1. The highest BCUT2D eigenvalue weighted by molar-refractivity contribution is 9.10. The Balaban J connectivity index is 2.43. The molecule has 0 aliphatic rings. The Hall–Kier alpha value is -1.42. The molecule has 2 rings (SSSR count). The number of benzene rings is 1. The number of anilines is 2. The van der Waals surface area contributed by atoms with E-state index >= 15 is 0 Å². The standard InChI is InChI=1S/C13H14BrN3/c1-9-4-10(2)6-11(5-9)17(3)13-12(14)7-15-8-16-13/h4-8H,1-3H3. The van der Waals surface area contributed by atoms with E-state index in [2.05, 4.69) is 57.9 Å². The number of halogens is 1. The first-order valence-electron chi connectivity index (χ1n) is 5.35. The van der Waals surface area contributed by atoms with Crippen molar-refractivity contribution in [3.8, 4) is 0 Å². The van der Waals surface area contributed by atoms with Crippen LogP contribution in [0, 0.1) is 13.8 Å². The molecule has 1 aromatic carbocycles. The highest BCUT2D eigenvalue weighted by atomic mass is 79.9. The lowest BCUT2D eigenvalue weighted by atomic mass is 10.1. The minimum Gasteiger partial charge on any atom is -0.328 e. The predicted octanol–water partition coefficient (Wildman–Crippen LogP) is 3.62. The molecule has 1 aromatic heterocycles. The third-order valence-electron chi connectivity index (χ3n) is 2.56. The molecule has 0 fully saturated rings. The maximum Gasteiger partial charge on any atom is 0.150 e. The summed E-state index contributed by atoms with van der Waals surface area (Å²) in [6.07, 6.45) is 3.31. The van der Waals surface area contributed by atoms with Gasteiger partial charge in [0.05, 0.1) is 4.47 Å². The minimum atomic E-state index is 0.866. The third-order valence-corrected chi connectivity index (χ3v) is 3.12. The van der Waals surface area contributed by atoms with Gasteiger partial charge in [0.1, 0.15) is 6.33 Å².